The molecule has 0 bridgehead atoms. The van der Waals surface area contributed by atoms with Gasteiger partial charge in [0.05, 0.1) is 6.54 Å². The Bertz CT molecular complexity index is 290. The average Bonchev–Trinajstić information content (AvgIpc) is 2.68. The van der Waals surface area contributed by atoms with Crippen LogP contribution in [0.3, 0.4) is 0 Å². The first-order chi connectivity index (χ1) is 7.18. The Kier molecular flexibility index (Phi) is 3.10. The first-order valence-electron chi connectivity index (χ1n) is 5.90. The second kappa shape index (κ2) is 4.35. The van der Waals surface area contributed by atoms with Crippen LogP contribution in [0.2, 0.25) is 0 Å². The van der Waals surface area contributed by atoms with Gasteiger partial charge in [-0.25, -0.2) is 4.98 Å². The van der Waals surface area contributed by atoms with Crippen LogP contribution in [0.5, 0.6) is 0 Å². The van der Waals surface area contributed by atoms with Crippen LogP contribution in [-0.4, -0.2) is 16.0 Å². The Hall–Kier alpha value is -0.830. The number of rotatable bonds is 3. The quantitative estimate of drug-likeness (QED) is 0.799. The van der Waals surface area contributed by atoms with Crippen molar-refractivity contribution >= 4 is 0 Å². The third-order valence-corrected chi connectivity index (χ3v) is 3.58. The minimum atomic E-state index is 0.435. The fourth-order valence-corrected chi connectivity index (χ4v) is 2.49. The standard InChI is InChI=1S/C12H21N3/c1-12(2)6-4-3-5-10(12)15-9-11-13-7-8-14-11/h7-8,10,15H,3-6,9H2,1-2H3,(H,13,14). The molecule has 0 spiro atoms. The summed E-state index contributed by atoms with van der Waals surface area (Å²) in [5, 5.41) is 3.62. The Labute approximate surface area is 91.7 Å². The summed E-state index contributed by atoms with van der Waals surface area (Å²) in [6.07, 6.45) is 9.06. The number of H-pyrrole nitrogens is 1. The van der Waals surface area contributed by atoms with Crippen molar-refractivity contribution in [3.8, 4) is 0 Å². The molecule has 1 aliphatic rings. The first kappa shape index (κ1) is 10.7. The monoisotopic (exact) mass is 207 g/mol. The van der Waals surface area contributed by atoms with Crippen molar-refractivity contribution < 1.29 is 0 Å². The number of hydrogen-bond donors (Lipinski definition) is 2. The van der Waals surface area contributed by atoms with E-state index in [1.807, 2.05) is 12.4 Å². The van der Waals surface area contributed by atoms with E-state index in [2.05, 4.69) is 29.1 Å². The van der Waals surface area contributed by atoms with Gasteiger partial charge in [0, 0.05) is 18.4 Å². The number of hydrogen-bond acceptors (Lipinski definition) is 2. The van der Waals surface area contributed by atoms with Crippen molar-refractivity contribution in [1.82, 2.24) is 15.3 Å². The minimum Gasteiger partial charge on any atom is -0.348 e. The van der Waals surface area contributed by atoms with E-state index in [0.717, 1.165) is 12.4 Å². The molecule has 1 unspecified atom stereocenters. The molecule has 2 N–H and O–H groups in total. The zero-order chi connectivity index (χ0) is 10.7. The van der Waals surface area contributed by atoms with Crippen molar-refractivity contribution in [3.63, 3.8) is 0 Å². The molecule has 0 saturated heterocycles. The molecule has 0 radical (unpaired) electrons. The maximum absolute atomic E-state index is 4.23. The zero-order valence-corrected chi connectivity index (χ0v) is 9.71. The van der Waals surface area contributed by atoms with Gasteiger partial charge in [-0.1, -0.05) is 26.7 Å². The van der Waals surface area contributed by atoms with E-state index in [9.17, 15) is 0 Å². The summed E-state index contributed by atoms with van der Waals surface area (Å²) < 4.78 is 0. The molecule has 15 heavy (non-hydrogen) atoms. The van der Waals surface area contributed by atoms with Gasteiger partial charge in [-0.3, -0.25) is 0 Å². The summed E-state index contributed by atoms with van der Waals surface area (Å²) in [4.78, 5) is 7.36. The molecule has 3 heteroatoms. The summed E-state index contributed by atoms with van der Waals surface area (Å²) in [5.41, 5.74) is 0.435. The molecule has 1 aromatic heterocycles. The van der Waals surface area contributed by atoms with Crippen LogP contribution < -0.4 is 5.32 Å². The van der Waals surface area contributed by atoms with Gasteiger partial charge >= 0.3 is 0 Å². The van der Waals surface area contributed by atoms with Crippen molar-refractivity contribution in [1.29, 1.82) is 0 Å². The van der Waals surface area contributed by atoms with E-state index < -0.39 is 0 Å². The molecule has 3 nitrogen and oxygen atoms in total. The van der Waals surface area contributed by atoms with Crippen LogP contribution in [0.4, 0.5) is 0 Å². The Morgan fingerprint density at radius 1 is 1.53 bits per heavy atom. The molecule has 1 heterocycles. The van der Waals surface area contributed by atoms with E-state index in [0.29, 0.717) is 11.5 Å². The van der Waals surface area contributed by atoms with Crippen LogP contribution in [0.25, 0.3) is 0 Å². The highest BCUT2D eigenvalue weighted by Crippen LogP contribution is 2.35. The molecule has 0 amide bonds. The number of aromatic nitrogens is 2. The summed E-state index contributed by atoms with van der Waals surface area (Å²) in [6.45, 7) is 5.60. The predicted molar refractivity (Wildman–Crippen MR) is 61.5 cm³/mol. The van der Waals surface area contributed by atoms with Crippen molar-refractivity contribution in [2.24, 2.45) is 5.41 Å². The summed E-state index contributed by atoms with van der Waals surface area (Å²) in [7, 11) is 0. The third kappa shape index (κ3) is 2.59. The maximum atomic E-state index is 4.23. The smallest absolute Gasteiger partial charge is 0.120 e. The van der Waals surface area contributed by atoms with Crippen LogP contribution in [0.1, 0.15) is 45.4 Å². The molecule has 0 aliphatic heterocycles. The number of imidazole rings is 1. The highest BCUT2D eigenvalue weighted by molar-refractivity contribution is 4.91. The van der Waals surface area contributed by atoms with Crippen LogP contribution >= 0.6 is 0 Å². The highest BCUT2D eigenvalue weighted by atomic mass is 15.0. The van der Waals surface area contributed by atoms with E-state index in [1.165, 1.54) is 25.7 Å². The maximum Gasteiger partial charge on any atom is 0.120 e. The summed E-state index contributed by atoms with van der Waals surface area (Å²) >= 11 is 0. The summed E-state index contributed by atoms with van der Waals surface area (Å²) in [5.74, 6) is 1.04. The molecule has 0 aromatic carbocycles. The average molecular weight is 207 g/mol. The van der Waals surface area contributed by atoms with Gasteiger partial charge in [-0.05, 0) is 18.3 Å². The number of aromatic amines is 1. The lowest BCUT2D eigenvalue weighted by molar-refractivity contribution is 0.166. The first-order valence-corrected chi connectivity index (χ1v) is 5.90. The fraction of sp³-hybridized carbons (Fsp3) is 0.750. The van der Waals surface area contributed by atoms with E-state index in [4.69, 9.17) is 0 Å². The van der Waals surface area contributed by atoms with Crippen molar-refractivity contribution in [3.05, 3.63) is 18.2 Å². The third-order valence-electron chi connectivity index (χ3n) is 3.58. The SMILES string of the molecule is CC1(C)CCCCC1NCc1ncc[nH]1. The lowest BCUT2D eigenvalue weighted by Crippen LogP contribution is -2.43. The van der Waals surface area contributed by atoms with Crippen LogP contribution in [-0.2, 0) is 6.54 Å². The predicted octanol–water partition coefficient (Wildman–Crippen LogP) is 2.47. The fourth-order valence-electron chi connectivity index (χ4n) is 2.49. The molecule has 1 saturated carbocycles. The highest BCUT2D eigenvalue weighted by Gasteiger charge is 2.31. The molecule has 1 atom stereocenters. The second-order valence-corrected chi connectivity index (χ2v) is 5.20. The van der Waals surface area contributed by atoms with Crippen molar-refractivity contribution in [2.45, 2.75) is 52.1 Å². The second-order valence-electron chi connectivity index (χ2n) is 5.20. The summed E-state index contributed by atoms with van der Waals surface area (Å²) in [6, 6.07) is 0.636. The van der Waals surface area contributed by atoms with Gasteiger partial charge in [0.1, 0.15) is 5.82 Å². The van der Waals surface area contributed by atoms with Gasteiger partial charge in [0.25, 0.3) is 0 Å². The largest absolute Gasteiger partial charge is 0.348 e. The molecule has 2 rings (SSSR count). The van der Waals surface area contributed by atoms with Gasteiger partial charge < -0.3 is 10.3 Å². The van der Waals surface area contributed by atoms with Gasteiger partial charge in [-0.2, -0.15) is 0 Å². The Morgan fingerprint density at radius 3 is 3.07 bits per heavy atom. The molecule has 1 fully saturated rings. The molecule has 1 aromatic rings. The molecule has 1 aliphatic carbocycles. The molecular formula is C12H21N3. The van der Waals surface area contributed by atoms with E-state index in [1.54, 1.807) is 0 Å². The normalized spacial score (nSPS) is 25.3. The van der Waals surface area contributed by atoms with Gasteiger partial charge in [-0.15, -0.1) is 0 Å². The van der Waals surface area contributed by atoms with Crippen LogP contribution in [0.15, 0.2) is 12.4 Å². The number of nitrogens with one attached hydrogen (secondary N) is 2. The number of nitrogens with zero attached hydrogens (tertiary/aromatic N) is 1. The van der Waals surface area contributed by atoms with Gasteiger partial charge in [0.15, 0.2) is 0 Å². The Morgan fingerprint density at radius 2 is 2.40 bits per heavy atom. The van der Waals surface area contributed by atoms with Crippen molar-refractivity contribution in [2.75, 3.05) is 0 Å². The lowest BCUT2D eigenvalue weighted by Gasteiger charge is -2.39. The van der Waals surface area contributed by atoms with Crippen LogP contribution in [0, 0.1) is 5.41 Å². The molecule has 84 valence electrons. The Balaban J connectivity index is 1.88. The van der Waals surface area contributed by atoms with E-state index in [-0.39, 0.29) is 0 Å². The molecular weight excluding hydrogens is 186 g/mol. The zero-order valence-electron chi connectivity index (χ0n) is 9.71. The topological polar surface area (TPSA) is 40.7 Å². The lowest BCUT2D eigenvalue weighted by atomic mass is 9.73. The van der Waals surface area contributed by atoms with E-state index >= 15 is 0 Å². The minimum absolute atomic E-state index is 0.435. The van der Waals surface area contributed by atoms with Gasteiger partial charge in [0.2, 0.25) is 0 Å².